The summed E-state index contributed by atoms with van der Waals surface area (Å²) in [6.07, 6.45) is 0.114. The van der Waals surface area contributed by atoms with Crippen LogP contribution in [-0.4, -0.2) is 54.1 Å². The highest BCUT2D eigenvalue weighted by Gasteiger charge is 2.26. The van der Waals surface area contributed by atoms with Crippen molar-refractivity contribution >= 4 is 23.8 Å². The summed E-state index contributed by atoms with van der Waals surface area (Å²) in [5.41, 5.74) is 5.92. The van der Waals surface area contributed by atoms with E-state index in [-0.39, 0.29) is 13.0 Å². The van der Waals surface area contributed by atoms with Crippen molar-refractivity contribution in [2.24, 2.45) is 5.73 Å². The number of carbonyl (C=O) groups excluding carboxylic acids is 3. The van der Waals surface area contributed by atoms with Crippen LogP contribution < -0.4 is 16.4 Å². The van der Waals surface area contributed by atoms with Gasteiger partial charge in [0.05, 0.1) is 6.54 Å². The summed E-state index contributed by atoms with van der Waals surface area (Å²) in [7, 11) is 0. The average Bonchev–Trinajstić information content (AvgIpc) is 2.59. The van der Waals surface area contributed by atoms with E-state index in [2.05, 4.69) is 15.4 Å². The first-order valence-corrected chi connectivity index (χ1v) is 7.55. The van der Waals surface area contributed by atoms with Crippen LogP contribution in [0.15, 0.2) is 30.3 Å². The minimum absolute atomic E-state index is 0.114. The normalized spacial score (nSPS) is 12.6. The first-order valence-electron chi connectivity index (χ1n) is 7.55. The summed E-state index contributed by atoms with van der Waals surface area (Å²) in [6, 6.07) is 6.83. The number of nitrogens with one attached hydrogen (secondary N) is 2. The van der Waals surface area contributed by atoms with Gasteiger partial charge in [-0.05, 0) is 12.5 Å². The Bertz CT molecular complexity index is 620. The quantitative estimate of drug-likeness (QED) is 0.409. The number of carbonyl (C=O) groups is 4. The molecule has 0 aliphatic carbocycles. The number of carboxylic acid groups (broad SMARTS) is 1. The Hall–Kier alpha value is -2.94. The van der Waals surface area contributed by atoms with Crippen molar-refractivity contribution in [3.05, 3.63) is 35.9 Å². The van der Waals surface area contributed by atoms with E-state index in [1.165, 1.54) is 6.92 Å². The van der Waals surface area contributed by atoms with E-state index >= 15 is 0 Å². The third-order valence-electron chi connectivity index (χ3n) is 3.18. The molecular weight excluding hydrogens is 330 g/mol. The zero-order valence-electron chi connectivity index (χ0n) is 13.7. The van der Waals surface area contributed by atoms with Crippen LogP contribution in [0.2, 0.25) is 0 Å². The highest BCUT2D eigenvalue weighted by molar-refractivity contribution is 5.91. The fourth-order valence-electron chi connectivity index (χ4n) is 1.94. The van der Waals surface area contributed by atoms with Crippen molar-refractivity contribution in [2.45, 2.75) is 25.4 Å². The summed E-state index contributed by atoms with van der Waals surface area (Å²) >= 11 is 0. The Kier molecular flexibility index (Phi) is 8.07. The van der Waals surface area contributed by atoms with Gasteiger partial charge in [0.25, 0.3) is 0 Å². The SMILES string of the molecule is C[C@H](NC(=O)CN)C(=O)N[C@@H](Cc1ccccc1)C(=O)OCC(=O)O. The number of aliphatic carboxylic acids is 1. The van der Waals surface area contributed by atoms with Gasteiger partial charge >= 0.3 is 11.9 Å². The van der Waals surface area contributed by atoms with Gasteiger partial charge in [0.15, 0.2) is 6.61 Å². The van der Waals surface area contributed by atoms with Crippen LogP contribution in [0.25, 0.3) is 0 Å². The Morgan fingerprint density at radius 1 is 1.16 bits per heavy atom. The van der Waals surface area contributed by atoms with Crippen LogP contribution in [0.1, 0.15) is 12.5 Å². The molecule has 0 radical (unpaired) electrons. The van der Waals surface area contributed by atoms with Crippen LogP contribution in [0.5, 0.6) is 0 Å². The lowest BCUT2D eigenvalue weighted by molar-refractivity contribution is -0.157. The number of rotatable bonds is 9. The summed E-state index contributed by atoms with van der Waals surface area (Å²) in [5.74, 6) is -3.32. The maximum Gasteiger partial charge on any atom is 0.341 e. The minimum Gasteiger partial charge on any atom is -0.479 e. The Morgan fingerprint density at radius 3 is 2.36 bits per heavy atom. The van der Waals surface area contributed by atoms with Crippen molar-refractivity contribution in [1.29, 1.82) is 0 Å². The van der Waals surface area contributed by atoms with E-state index in [1.807, 2.05) is 0 Å². The van der Waals surface area contributed by atoms with Gasteiger partial charge in [-0.15, -0.1) is 0 Å². The number of esters is 1. The zero-order chi connectivity index (χ0) is 18.8. The van der Waals surface area contributed by atoms with Gasteiger partial charge in [0.2, 0.25) is 11.8 Å². The second-order valence-corrected chi connectivity index (χ2v) is 5.25. The first kappa shape index (κ1) is 20.1. The fourth-order valence-corrected chi connectivity index (χ4v) is 1.94. The van der Waals surface area contributed by atoms with Crippen LogP contribution in [-0.2, 0) is 30.3 Å². The largest absolute Gasteiger partial charge is 0.479 e. The molecule has 1 aromatic carbocycles. The number of hydrogen-bond donors (Lipinski definition) is 4. The number of benzene rings is 1. The van der Waals surface area contributed by atoms with E-state index in [9.17, 15) is 19.2 Å². The monoisotopic (exact) mass is 351 g/mol. The van der Waals surface area contributed by atoms with Crippen LogP contribution >= 0.6 is 0 Å². The molecule has 9 heteroatoms. The van der Waals surface area contributed by atoms with E-state index < -0.39 is 42.4 Å². The van der Waals surface area contributed by atoms with E-state index in [1.54, 1.807) is 30.3 Å². The molecule has 1 aromatic rings. The molecule has 0 saturated heterocycles. The standard InChI is InChI=1S/C16H21N3O6/c1-10(18-13(20)8-17)15(23)19-12(16(24)25-9-14(21)22)7-11-5-3-2-4-6-11/h2-6,10,12H,7-9,17H2,1H3,(H,18,20)(H,19,23)(H,21,22)/t10-,12-/m0/s1. The van der Waals surface area contributed by atoms with E-state index in [0.717, 1.165) is 5.56 Å². The number of ether oxygens (including phenoxy) is 1. The molecule has 0 aromatic heterocycles. The van der Waals surface area contributed by atoms with Gasteiger partial charge in [0, 0.05) is 6.42 Å². The summed E-state index contributed by atoms with van der Waals surface area (Å²) in [4.78, 5) is 46.0. The Morgan fingerprint density at radius 2 is 1.80 bits per heavy atom. The number of nitrogens with two attached hydrogens (primary N) is 1. The molecule has 1 rings (SSSR count). The van der Waals surface area contributed by atoms with Crippen molar-refractivity contribution < 1.29 is 29.0 Å². The summed E-state index contributed by atoms with van der Waals surface area (Å²) < 4.78 is 4.66. The summed E-state index contributed by atoms with van der Waals surface area (Å²) in [5, 5.41) is 13.4. The third-order valence-corrected chi connectivity index (χ3v) is 3.18. The molecule has 9 nitrogen and oxygen atoms in total. The molecule has 0 saturated carbocycles. The van der Waals surface area contributed by atoms with Crippen LogP contribution in [0, 0.1) is 0 Å². The Labute approximate surface area is 144 Å². The van der Waals surface area contributed by atoms with Crippen molar-refractivity contribution in [3.8, 4) is 0 Å². The van der Waals surface area contributed by atoms with Crippen molar-refractivity contribution in [3.63, 3.8) is 0 Å². The Balaban J connectivity index is 2.78. The van der Waals surface area contributed by atoms with Gasteiger partial charge in [0.1, 0.15) is 12.1 Å². The number of hydrogen-bond acceptors (Lipinski definition) is 6. The molecule has 0 aliphatic rings. The number of amides is 2. The molecule has 0 spiro atoms. The molecule has 0 fully saturated rings. The molecular formula is C16H21N3O6. The zero-order valence-corrected chi connectivity index (χ0v) is 13.7. The highest BCUT2D eigenvalue weighted by Crippen LogP contribution is 2.05. The molecule has 0 bridgehead atoms. The second-order valence-electron chi connectivity index (χ2n) is 5.25. The first-order chi connectivity index (χ1) is 11.8. The molecule has 5 N–H and O–H groups in total. The average molecular weight is 351 g/mol. The third kappa shape index (κ3) is 7.44. The van der Waals surface area contributed by atoms with Crippen molar-refractivity contribution in [2.75, 3.05) is 13.2 Å². The second kappa shape index (κ2) is 10.0. The van der Waals surface area contributed by atoms with Gasteiger partial charge in [-0.1, -0.05) is 30.3 Å². The van der Waals surface area contributed by atoms with Crippen LogP contribution in [0.4, 0.5) is 0 Å². The molecule has 25 heavy (non-hydrogen) atoms. The molecule has 0 heterocycles. The molecule has 136 valence electrons. The topological polar surface area (TPSA) is 148 Å². The lowest BCUT2D eigenvalue weighted by Crippen LogP contribution is -2.52. The predicted molar refractivity (Wildman–Crippen MR) is 87.3 cm³/mol. The lowest BCUT2D eigenvalue weighted by Gasteiger charge is -2.20. The highest BCUT2D eigenvalue weighted by atomic mass is 16.6. The van der Waals surface area contributed by atoms with Gasteiger partial charge < -0.3 is 26.2 Å². The van der Waals surface area contributed by atoms with E-state index in [4.69, 9.17) is 10.8 Å². The smallest absolute Gasteiger partial charge is 0.341 e. The van der Waals surface area contributed by atoms with Gasteiger partial charge in [-0.3, -0.25) is 9.59 Å². The number of carboxylic acids is 1. The summed E-state index contributed by atoms with van der Waals surface area (Å²) in [6.45, 7) is 0.357. The van der Waals surface area contributed by atoms with E-state index in [0.29, 0.717) is 0 Å². The maximum atomic E-state index is 12.1. The molecule has 2 amide bonds. The van der Waals surface area contributed by atoms with Gasteiger partial charge in [-0.25, -0.2) is 9.59 Å². The van der Waals surface area contributed by atoms with Crippen LogP contribution in [0.3, 0.4) is 0 Å². The molecule has 0 aliphatic heterocycles. The maximum absolute atomic E-state index is 12.1. The molecule has 2 atom stereocenters. The van der Waals surface area contributed by atoms with Gasteiger partial charge in [-0.2, -0.15) is 0 Å². The fraction of sp³-hybridized carbons (Fsp3) is 0.375. The van der Waals surface area contributed by atoms with Crippen molar-refractivity contribution in [1.82, 2.24) is 10.6 Å². The lowest BCUT2D eigenvalue weighted by atomic mass is 10.1. The minimum atomic E-state index is -1.30. The predicted octanol–water partition coefficient (Wildman–Crippen LogP) is -1.19. The molecule has 0 unspecified atom stereocenters.